The fourth-order valence-electron chi connectivity index (χ4n) is 2.23. The van der Waals surface area contributed by atoms with E-state index in [0.717, 1.165) is 19.8 Å². The molecule has 0 aliphatic heterocycles. The quantitative estimate of drug-likeness (QED) is 0.719. The third kappa shape index (κ3) is 4.01. The third-order valence-corrected chi connectivity index (χ3v) is 5.93. The molecule has 0 amide bonds. The Morgan fingerprint density at radius 2 is 1.40 bits per heavy atom. The Morgan fingerprint density at radius 1 is 0.800 bits per heavy atom. The molecule has 82 valence electrons. The minimum absolute atomic E-state index is 0.721. The van der Waals surface area contributed by atoms with Gasteiger partial charge in [0.1, 0.15) is 0 Å². The van der Waals surface area contributed by atoms with E-state index in [9.17, 15) is 0 Å². The first kappa shape index (κ1) is 11.2. The molecule has 0 atom stereocenters. The second kappa shape index (κ2) is 6.35. The molecule has 0 heterocycles. The van der Waals surface area contributed by atoms with Crippen molar-refractivity contribution in [3.63, 3.8) is 0 Å². The fraction of sp³-hybridized carbons (Fsp3) is 0.571. The van der Waals surface area contributed by atoms with E-state index in [-0.39, 0.29) is 0 Å². The molecule has 1 saturated carbocycles. The normalized spacial score (nSPS) is 19.5. The molecule has 2 rings (SSSR count). The van der Waals surface area contributed by atoms with Gasteiger partial charge in [-0.25, -0.2) is 0 Å². The topological polar surface area (TPSA) is 0 Å². The molecule has 0 nitrogen and oxygen atoms in total. The van der Waals surface area contributed by atoms with E-state index in [1.54, 1.807) is 4.46 Å². The van der Waals surface area contributed by atoms with Gasteiger partial charge >= 0.3 is 99.5 Å². The van der Waals surface area contributed by atoms with Crippen LogP contribution in [0.5, 0.6) is 0 Å². The molecular weight excluding hydrogens is 247 g/mol. The van der Waals surface area contributed by atoms with Gasteiger partial charge in [-0.15, -0.1) is 0 Å². The summed E-state index contributed by atoms with van der Waals surface area (Å²) in [7, 11) is 0. The molecule has 0 unspecified atom stereocenters. The van der Waals surface area contributed by atoms with Gasteiger partial charge in [0.05, 0.1) is 0 Å². The van der Waals surface area contributed by atoms with Crippen LogP contribution in [0.1, 0.15) is 44.9 Å². The maximum atomic E-state index is 2.30. The van der Waals surface area contributed by atoms with Crippen LogP contribution in [0.2, 0.25) is 4.82 Å². The molecule has 0 N–H and O–H groups in total. The van der Waals surface area contributed by atoms with Gasteiger partial charge in [-0.1, -0.05) is 0 Å². The Balaban J connectivity index is 1.86. The van der Waals surface area contributed by atoms with E-state index in [2.05, 4.69) is 30.3 Å². The van der Waals surface area contributed by atoms with Crippen LogP contribution in [0.15, 0.2) is 30.3 Å². The number of hydrogen-bond acceptors (Lipinski definition) is 0. The van der Waals surface area contributed by atoms with E-state index in [1.165, 1.54) is 44.9 Å². The van der Waals surface area contributed by atoms with Gasteiger partial charge in [0.2, 0.25) is 0 Å². The van der Waals surface area contributed by atoms with Gasteiger partial charge in [0.25, 0.3) is 0 Å². The molecule has 15 heavy (non-hydrogen) atoms. The SMILES string of the molecule is c1ccc([Se]C2CCCCCCC2)cc1. The molecule has 0 aromatic heterocycles. The molecule has 0 radical (unpaired) electrons. The van der Waals surface area contributed by atoms with Gasteiger partial charge in [-0.2, -0.15) is 0 Å². The summed E-state index contributed by atoms with van der Waals surface area (Å²) in [6.07, 6.45) is 10.3. The van der Waals surface area contributed by atoms with Crippen LogP contribution in [0, 0.1) is 0 Å². The van der Waals surface area contributed by atoms with E-state index in [1.807, 2.05) is 0 Å². The summed E-state index contributed by atoms with van der Waals surface area (Å²) in [5.74, 6) is 0. The van der Waals surface area contributed by atoms with Crippen molar-refractivity contribution in [1.29, 1.82) is 0 Å². The van der Waals surface area contributed by atoms with Gasteiger partial charge in [-0.3, -0.25) is 0 Å². The predicted molar refractivity (Wildman–Crippen MR) is 67.9 cm³/mol. The fourth-order valence-corrected chi connectivity index (χ4v) is 4.89. The summed E-state index contributed by atoms with van der Waals surface area (Å²) < 4.78 is 1.59. The molecule has 1 fully saturated rings. The Labute approximate surface area is 99.6 Å². The average molecular weight is 267 g/mol. The zero-order valence-corrected chi connectivity index (χ0v) is 11.0. The number of hydrogen-bond donors (Lipinski definition) is 0. The maximum absolute atomic E-state index is 2.30. The third-order valence-electron chi connectivity index (χ3n) is 3.10. The van der Waals surface area contributed by atoms with Crippen molar-refractivity contribution in [1.82, 2.24) is 0 Å². The molecule has 1 heteroatoms. The predicted octanol–water partition coefficient (Wildman–Crippen LogP) is 3.55. The summed E-state index contributed by atoms with van der Waals surface area (Å²) in [4.78, 5) is 1.01. The van der Waals surface area contributed by atoms with Crippen molar-refractivity contribution in [2.75, 3.05) is 0 Å². The number of benzene rings is 1. The zero-order chi connectivity index (χ0) is 10.3. The van der Waals surface area contributed by atoms with Crippen molar-refractivity contribution < 1.29 is 0 Å². The van der Waals surface area contributed by atoms with Crippen LogP contribution >= 0.6 is 0 Å². The Morgan fingerprint density at radius 3 is 2.07 bits per heavy atom. The molecule has 1 aliphatic carbocycles. The van der Waals surface area contributed by atoms with Gasteiger partial charge in [0.15, 0.2) is 0 Å². The van der Waals surface area contributed by atoms with E-state index in [4.69, 9.17) is 0 Å². The molecule has 0 bridgehead atoms. The summed E-state index contributed by atoms with van der Waals surface area (Å²) in [5, 5.41) is 0. The second-order valence-electron chi connectivity index (χ2n) is 4.40. The summed E-state index contributed by atoms with van der Waals surface area (Å²) in [5.41, 5.74) is 0. The van der Waals surface area contributed by atoms with Crippen molar-refractivity contribution in [3.05, 3.63) is 30.3 Å². The van der Waals surface area contributed by atoms with E-state index in [0.29, 0.717) is 0 Å². The molecule has 0 spiro atoms. The second-order valence-corrected chi connectivity index (χ2v) is 7.28. The molecular formula is C14H20Se. The first-order valence-electron chi connectivity index (χ1n) is 6.17. The first-order chi connectivity index (χ1) is 7.45. The summed E-state index contributed by atoms with van der Waals surface area (Å²) in [6, 6.07) is 11.1. The molecule has 1 aromatic rings. The van der Waals surface area contributed by atoms with Crippen molar-refractivity contribution in [3.8, 4) is 0 Å². The average Bonchev–Trinajstić information content (AvgIpc) is 2.23. The van der Waals surface area contributed by atoms with Crippen LogP contribution in [0.4, 0.5) is 0 Å². The zero-order valence-electron chi connectivity index (χ0n) is 9.32. The van der Waals surface area contributed by atoms with Crippen LogP contribution in [-0.2, 0) is 0 Å². The van der Waals surface area contributed by atoms with Gasteiger partial charge < -0.3 is 0 Å². The Kier molecular flexibility index (Phi) is 4.75. The first-order valence-corrected chi connectivity index (χ1v) is 8.01. The van der Waals surface area contributed by atoms with Crippen molar-refractivity contribution in [2.24, 2.45) is 0 Å². The Hall–Kier alpha value is -0.261. The van der Waals surface area contributed by atoms with E-state index < -0.39 is 0 Å². The van der Waals surface area contributed by atoms with Crippen molar-refractivity contribution in [2.45, 2.75) is 49.8 Å². The van der Waals surface area contributed by atoms with Crippen LogP contribution in [-0.4, -0.2) is 15.0 Å². The molecule has 0 saturated heterocycles. The van der Waals surface area contributed by atoms with Gasteiger partial charge in [-0.05, 0) is 0 Å². The monoisotopic (exact) mass is 268 g/mol. The van der Waals surface area contributed by atoms with Crippen LogP contribution < -0.4 is 4.46 Å². The van der Waals surface area contributed by atoms with Crippen LogP contribution in [0.25, 0.3) is 0 Å². The molecule has 1 aliphatic rings. The van der Waals surface area contributed by atoms with E-state index >= 15 is 0 Å². The van der Waals surface area contributed by atoms with Crippen molar-refractivity contribution >= 4 is 19.4 Å². The Bertz CT molecular complexity index is 260. The molecule has 1 aromatic carbocycles. The van der Waals surface area contributed by atoms with Gasteiger partial charge in [0, 0.05) is 0 Å². The number of rotatable bonds is 2. The van der Waals surface area contributed by atoms with Crippen LogP contribution in [0.3, 0.4) is 0 Å². The minimum atomic E-state index is 0.721. The summed E-state index contributed by atoms with van der Waals surface area (Å²) in [6.45, 7) is 0. The standard InChI is InChI=1S/C14H20Se/c1-2-5-9-13(10-6-3-1)15-14-11-7-4-8-12-14/h4,7-8,11-13H,1-3,5-6,9-10H2. The summed E-state index contributed by atoms with van der Waals surface area (Å²) >= 11 is 0.721.